The highest BCUT2D eigenvalue weighted by Crippen LogP contribution is 2.42. The van der Waals surface area contributed by atoms with Gasteiger partial charge in [-0.1, -0.05) is 24.3 Å². The van der Waals surface area contributed by atoms with Crippen molar-refractivity contribution >= 4 is 41.8 Å². The number of carboxylic acids is 1. The van der Waals surface area contributed by atoms with Crippen LogP contribution in [0.25, 0.3) is 6.08 Å². The van der Waals surface area contributed by atoms with Crippen molar-refractivity contribution in [3.05, 3.63) is 114 Å². The van der Waals surface area contributed by atoms with Crippen LogP contribution in [-0.4, -0.2) is 98.7 Å². The second-order valence-corrected chi connectivity index (χ2v) is 14.0. The maximum Gasteiger partial charge on any atom is 0.512 e. The van der Waals surface area contributed by atoms with Crippen molar-refractivity contribution in [2.45, 2.75) is 35.9 Å². The Hall–Kier alpha value is -5.97. The molecule has 0 bridgehead atoms. The molecule has 5 rings (SSSR count). The number of allylic oxidation sites excluding steroid dienone is 2. The first-order chi connectivity index (χ1) is 26.9. The van der Waals surface area contributed by atoms with Gasteiger partial charge >= 0.3 is 18.1 Å². The number of thioether (sulfide) groups is 1. The van der Waals surface area contributed by atoms with Crippen LogP contribution in [0, 0.1) is 34.7 Å². The van der Waals surface area contributed by atoms with Gasteiger partial charge in [0.05, 0.1) is 42.6 Å². The molecule has 2 aliphatic rings. The second-order valence-electron chi connectivity index (χ2n) is 12.3. The number of halogens is 3. The van der Waals surface area contributed by atoms with Crippen molar-refractivity contribution in [1.29, 1.82) is 5.26 Å². The summed E-state index contributed by atoms with van der Waals surface area (Å²) in [5.74, 6) is -5.88. The van der Waals surface area contributed by atoms with Gasteiger partial charge in [-0.3, -0.25) is 9.59 Å². The van der Waals surface area contributed by atoms with Gasteiger partial charge in [0.25, 0.3) is 0 Å². The number of ether oxygens (including phenoxy) is 5. The normalized spacial score (nSPS) is 18.9. The van der Waals surface area contributed by atoms with Crippen LogP contribution in [0.2, 0.25) is 0 Å². The molecule has 2 saturated heterocycles. The van der Waals surface area contributed by atoms with Crippen LogP contribution in [0.3, 0.4) is 0 Å². The van der Waals surface area contributed by atoms with E-state index in [9.17, 15) is 28.0 Å². The van der Waals surface area contributed by atoms with Crippen molar-refractivity contribution in [3.8, 4) is 6.07 Å². The van der Waals surface area contributed by atoms with E-state index in [0.29, 0.717) is 6.07 Å². The molecule has 15 nitrogen and oxygen atoms in total. The molecule has 19 heteroatoms. The van der Waals surface area contributed by atoms with Crippen LogP contribution in [0.5, 0.6) is 0 Å². The summed E-state index contributed by atoms with van der Waals surface area (Å²) in [5.41, 5.74) is -1.69. The Morgan fingerprint density at radius 1 is 1.07 bits per heavy atom. The Morgan fingerprint density at radius 3 is 2.50 bits per heavy atom. The van der Waals surface area contributed by atoms with E-state index in [1.165, 1.54) is 52.2 Å². The predicted octanol–water partition coefficient (Wildman–Crippen LogP) is 4.35. The molecular formula is C37H34F3N5O10S. The van der Waals surface area contributed by atoms with E-state index in [1.807, 2.05) is 6.07 Å². The minimum Gasteiger partial charge on any atom is -0.481 e. The number of aliphatic carboxylic acids is 1. The number of carboxylic acid groups (broad SMARTS) is 1. The highest BCUT2D eigenvalue weighted by atomic mass is 32.2. The zero-order valence-corrected chi connectivity index (χ0v) is 30.4. The number of nitriles is 1. The number of carbonyl (C=O) groups is 4. The summed E-state index contributed by atoms with van der Waals surface area (Å²) in [6.45, 7) is 0.602. The van der Waals surface area contributed by atoms with Crippen LogP contribution < -0.4 is 0 Å². The fourth-order valence-corrected chi connectivity index (χ4v) is 6.91. The van der Waals surface area contributed by atoms with Crippen molar-refractivity contribution in [1.82, 2.24) is 19.7 Å². The summed E-state index contributed by atoms with van der Waals surface area (Å²) in [7, 11) is 0. The number of esters is 1. The summed E-state index contributed by atoms with van der Waals surface area (Å²) in [6.07, 6.45) is 8.32. The Morgan fingerprint density at radius 2 is 1.84 bits per heavy atom. The topological polar surface area (TPSA) is 192 Å². The smallest absolute Gasteiger partial charge is 0.481 e. The molecule has 3 aromatic rings. The second kappa shape index (κ2) is 19.1. The maximum atomic E-state index is 15.6. The van der Waals surface area contributed by atoms with Crippen molar-refractivity contribution in [2.24, 2.45) is 5.92 Å². The molecule has 3 heterocycles. The number of hydrogen-bond donors (Lipinski definition) is 1. The lowest BCUT2D eigenvalue weighted by molar-refractivity contribution is -0.152. The molecule has 2 atom stereocenters. The number of aromatic nitrogens is 3. The van der Waals surface area contributed by atoms with Crippen LogP contribution >= 0.6 is 11.8 Å². The monoisotopic (exact) mass is 797 g/mol. The average molecular weight is 798 g/mol. The largest absolute Gasteiger partial charge is 0.512 e. The van der Waals surface area contributed by atoms with E-state index in [1.54, 1.807) is 25.2 Å². The Bertz CT molecular complexity index is 2030. The Kier molecular flexibility index (Phi) is 14.0. The van der Waals surface area contributed by atoms with E-state index in [4.69, 9.17) is 34.1 Å². The Balaban J connectivity index is 1.23. The van der Waals surface area contributed by atoms with E-state index in [2.05, 4.69) is 10.1 Å². The van der Waals surface area contributed by atoms with E-state index in [0.717, 1.165) is 30.4 Å². The third kappa shape index (κ3) is 10.8. The summed E-state index contributed by atoms with van der Waals surface area (Å²) in [5, 5.41) is 20.7. The summed E-state index contributed by atoms with van der Waals surface area (Å²) in [4.78, 5) is 53.6. The van der Waals surface area contributed by atoms with Crippen LogP contribution in [0.4, 0.5) is 18.0 Å². The van der Waals surface area contributed by atoms with Gasteiger partial charge in [0, 0.05) is 47.7 Å². The third-order valence-corrected chi connectivity index (χ3v) is 9.98. The molecule has 0 spiro atoms. The van der Waals surface area contributed by atoms with Gasteiger partial charge < -0.3 is 33.7 Å². The molecule has 0 aliphatic carbocycles. The minimum atomic E-state index is -1.95. The van der Waals surface area contributed by atoms with Crippen molar-refractivity contribution in [3.63, 3.8) is 0 Å². The standard InChI is InChI=1S/C37H34F3N5O10S/c1-23(56-28-17-51-34(52-18-28)5-3-2-4-25-7-6-24(14-41)12-30(25)39)37(19-45-21-42-20-43-45,29-9-8-27(38)13-31(29)40)55-36(50)54-22-53-33(47)11-10-32(46)44-15-26(16-44)35(48)49/h2-13,20-21,23,26,28,34H,15-19,22H2,1H3,(H,48,49). The molecule has 2 fully saturated rings. The maximum absolute atomic E-state index is 15.6. The number of rotatable bonds is 15. The fraction of sp³-hybridized carbons (Fsp3) is 0.324. The fourth-order valence-electron chi connectivity index (χ4n) is 5.55. The molecule has 2 aromatic carbocycles. The van der Waals surface area contributed by atoms with Crippen molar-refractivity contribution in [2.75, 3.05) is 33.1 Å². The zero-order valence-electron chi connectivity index (χ0n) is 29.5. The number of likely N-dealkylation sites (tertiary alicyclic amines) is 1. The van der Waals surface area contributed by atoms with E-state index >= 15 is 4.39 Å². The number of carbonyl (C=O) groups excluding carboxylic acids is 3. The molecule has 2 unspecified atom stereocenters. The van der Waals surface area contributed by atoms with Gasteiger partial charge in [0.1, 0.15) is 30.1 Å². The minimum absolute atomic E-state index is 0.00627. The molecule has 294 valence electrons. The lowest BCUT2D eigenvalue weighted by Crippen LogP contribution is -2.52. The molecule has 56 heavy (non-hydrogen) atoms. The first-order valence-corrected chi connectivity index (χ1v) is 17.7. The molecule has 1 aromatic heterocycles. The predicted molar refractivity (Wildman–Crippen MR) is 189 cm³/mol. The van der Waals surface area contributed by atoms with E-state index in [-0.39, 0.29) is 49.5 Å². The van der Waals surface area contributed by atoms with Gasteiger partial charge in [0.2, 0.25) is 12.7 Å². The SMILES string of the molecule is CC(SC1COC(C=CC=Cc2ccc(C#N)cc2F)OC1)C(Cn1cncn1)(OC(=O)OCOC(=O)C=CC(=O)N1CC(C(=O)O)C1)c1ccc(F)cc1F. The highest BCUT2D eigenvalue weighted by molar-refractivity contribution is 8.00. The highest BCUT2D eigenvalue weighted by Gasteiger charge is 2.47. The molecular weight excluding hydrogens is 763 g/mol. The van der Waals surface area contributed by atoms with Gasteiger partial charge in [-0.15, -0.1) is 11.8 Å². The number of amides is 1. The van der Waals surface area contributed by atoms with Gasteiger partial charge in [-0.05, 0) is 37.3 Å². The van der Waals surface area contributed by atoms with E-state index < -0.39 is 76.6 Å². The van der Waals surface area contributed by atoms with Gasteiger partial charge in [-0.25, -0.2) is 32.4 Å². The van der Waals surface area contributed by atoms with Gasteiger partial charge in [0.15, 0.2) is 11.9 Å². The summed E-state index contributed by atoms with van der Waals surface area (Å²) in [6, 6.07) is 8.73. The average Bonchev–Trinajstić information content (AvgIpc) is 3.65. The van der Waals surface area contributed by atoms with Crippen LogP contribution in [-0.2, 0) is 50.2 Å². The van der Waals surface area contributed by atoms with Gasteiger partial charge in [-0.2, -0.15) is 10.4 Å². The molecule has 1 amide bonds. The zero-order chi connectivity index (χ0) is 40.2. The lowest BCUT2D eigenvalue weighted by Gasteiger charge is -2.40. The third-order valence-electron chi connectivity index (χ3n) is 8.53. The van der Waals surface area contributed by atoms with Crippen LogP contribution in [0.15, 0.2) is 79.4 Å². The summed E-state index contributed by atoms with van der Waals surface area (Å²) >= 11 is 1.21. The number of nitrogens with zero attached hydrogens (tertiary/aromatic N) is 5. The molecule has 1 N–H and O–H groups in total. The Labute approximate surface area is 321 Å². The molecule has 2 aliphatic heterocycles. The number of benzene rings is 2. The number of hydrogen-bond acceptors (Lipinski definition) is 13. The first-order valence-electron chi connectivity index (χ1n) is 16.8. The molecule has 0 radical (unpaired) electrons. The first kappa shape index (κ1) is 41.2. The van der Waals surface area contributed by atoms with Crippen LogP contribution in [0.1, 0.15) is 23.6 Å². The summed E-state index contributed by atoms with van der Waals surface area (Å²) < 4.78 is 72.5. The molecule has 0 saturated carbocycles. The van der Waals surface area contributed by atoms with Crippen molar-refractivity contribution < 1.29 is 61.1 Å². The quantitative estimate of drug-likeness (QED) is 0.0988. The lowest BCUT2D eigenvalue weighted by atomic mass is 9.89.